The topological polar surface area (TPSA) is 58.4 Å². The van der Waals surface area contributed by atoms with Crippen LogP contribution in [0.1, 0.15) is 16.8 Å². The molecule has 0 spiro atoms. The molecule has 0 atom stereocenters. The number of halogens is 1. The number of pyridine rings is 2. The van der Waals surface area contributed by atoms with Crippen LogP contribution in [0, 0.1) is 12.7 Å². The Morgan fingerprint density at radius 3 is 2.52 bits per heavy atom. The van der Waals surface area contributed by atoms with Gasteiger partial charge in [-0.2, -0.15) is 0 Å². The van der Waals surface area contributed by atoms with Crippen LogP contribution in [0.2, 0.25) is 0 Å². The van der Waals surface area contributed by atoms with E-state index in [1.54, 1.807) is 42.7 Å². The largest absolute Gasteiger partial charge is 0.410 e. The van der Waals surface area contributed by atoms with Gasteiger partial charge in [-0.05, 0) is 24.6 Å². The third-order valence-corrected chi connectivity index (χ3v) is 3.59. The Hall–Kier alpha value is -3.08. The van der Waals surface area contributed by atoms with Crippen LogP contribution in [0.25, 0.3) is 11.1 Å². The van der Waals surface area contributed by atoms with Crippen molar-refractivity contribution >= 4 is 5.71 Å². The first-order valence-electron chi connectivity index (χ1n) is 7.05. The summed E-state index contributed by atoms with van der Waals surface area (Å²) in [6, 6.07) is 12.3. The first-order valence-corrected chi connectivity index (χ1v) is 7.05. The number of oxime groups is 1. The summed E-state index contributed by atoms with van der Waals surface area (Å²) in [5.74, 6) is -0.541. The number of aromatic nitrogens is 2. The molecule has 0 amide bonds. The predicted octanol–water partition coefficient (Wildman–Crippen LogP) is 3.82. The molecule has 0 aliphatic rings. The van der Waals surface area contributed by atoms with Gasteiger partial charge in [0, 0.05) is 35.3 Å². The molecule has 114 valence electrons. The van der Waals surface area contributed by atoms with Crippen molar-refractivity contribution in [2.75, 3.05) is 0 Å². The highest BCUT2D eigenvalue weighted by Crippen LogP contribution is 2.27. The summed E-state index contributed by atoms with van der Waals surface area (Å²) in [5, 5.41) is 12.6. The predicted molar refractivity (Wildman–Crippen MR) is 86.0 cm³/mol. The molecule has 0 fully saturated rings. The molecule has 0 aliphatic heterocycles. The fraction of sp³-hybridized carbons (Fsp3) is 0.0556. The van der Waals surface area contributed by atoms with Crippen LogP contribution in [-0.2, 0) is 0 Å². The van der Waals surface area contributed by atoms with Crippen molar-refractivity contribution in [2.45, 2.75) is 6.92 Å². The molecular formula is C18H14FN3O. The molecule has 2 aromatic heterocycles. The smallest absolute Gasteiger partial charge is 0.159 e. The Kier molecular flexibility index (Phi) is 4.10. The molecule has 0 radical (unpaired) electrons. The highest BCUT2D eigenvalue weighted by Gasteiger charge is 2.19. The zero-order chi connectivity index (χ0) is 16.2. The molecule has 4 nitrogen and oxygen atoms in total. The number of rotatable bonds is 3. The van der Waals surface area contributed by atoms with E-state index in [1.165, 1.54) is 6.20 Å². The molecule has 3 aromatic rings. The van der Waals surface area contributed by atoms with Crippen LogP contribution in [0.3, 0.4) is 0 Å². The lowest BCUT2D eigenvalue weighted by molar-refractivity contribution is 0.319. The molecule has 23 heavy (non-hydrogen) atoms. The number of hydrogen-bond donors (Lipinski definition) is 1. The van der Waals surface area contributed by atoms with E-state index in [-0.39, 0.29) is 11.4 Å². The summed E-state index contributed by atoms with van der Waals surface area (Å²) >= 11 is 0. The van der Waals surface area contributed by atoms with Gasteiger partial charge < -0.3 is 5.21 Å². The molecule has 3 rings (SSSR count). The van der Waals surface area contributed by atoms with E-state index in [1.807, 2.05) is 19.1 Å². The summed E-state index contributed by atoms with van der Waals surface area (Å²) in [4.78, 5) is 8.10. The van der Waals surface area contributed by atoms with Gasteiger partial charge >= 0.3 is 0 Å². The van der Waals surface area contributed by atoms with Crippen LogP contribution >= 0.6 is 0 Å². The second-order valence-electron chi connectivity index (χ2n) is 5.03. The highest BCUT2D eigenvalue weighted by atomic mass is 19.1. The molecule has 2 heterocycles. The minimum Gasteiger partial charge on any atom is -0.410 e. The Balaban J connectivity index is 2.16. The Bertz CT molecular complexity index is 863. The van der Waals surface area contributed by atoms with Crippen molar-refractivity contribution < 1.29 is 9.60 Å². The van der Waals surface area contributed by atoms with Crippen molar-refractivity contribution in [3.05, 3.63) is 83.7 Å². The van der Waals surface area contributed by atoms with Gasteiger partial charge in [-0.1, -0.05) is 35.5 Å². The molecule has 1 N–H and O–H groups in total. The van der Waals surface area contributed by atoms with E-state index in [2.05, 4.69) is 15.1 Å². The number of benzene rings is 1. The molecule has 0 unspecified atom stereocenters. The van der Waals surface area contributed by atoms with E-state index in [0.29, 0.717) is 16.7 Å². The second kappa shape index (κ2) is 6.36. The monoisotopic (exact) mass is 307 g/mol. The molecule has 0 saturated heterocycles. The molecular weight excluding hydrogens is 293 g/mol. The SMILES string of the molecule is Cc1ccncc1-c1ccnc(/C(=N\O)c2ccccc2)c1F. The Morgan fingerprint density at radius 2 is 1.83 bits per heavy atom. The lowest BCUT2D eigenvalue weighted by atomic mass is 9.99. The summed E-state index contributed by atoms with van der Waals surface area (Å²) in [6.45, 7) is 1.88. The van der Waals surface area contributed by atoms with Gasteiger partial charge in [0.05, 0.1) is 0 Å². The second-order valence-corrected chi connectivity index (χ2v) is 5.03. The van der Waals surface area contributed by atoms with E-state index in [9.17, 15) is 9.60 Å². The first-order chi connectivity index (χ1) is 11.2. The van der Waals surface area contributed by atoms with E-state index >= 15 is 0 Å². The van der Waals surface area contributed by atoms with Crippen LogP contribution in [0.4, 0.5) is 4.39 Å². The lowest BCUT2D eigenvalue weighted by Crippen LogP contribution is -2.10. The van der Waals surface area contributed by atoms with Gasteiger partial charge in [-0.15, -0.1) is 0 Å². The van der Waals surface area contributed by atoms with Crippen molar-refractivity contribution in [3.8, 4) is 11.1 Å². The Morgan fingerprint density at radius 1 is 1.04 bits per heavy atom. The van der Waals surface area contributed by atoms with Gasteiger partial charge in [-0.3, -0.25) is 9.97 Å². The number of hydrogen-bond acceptors (Lipinski definition) is 4. The van der Waals surface area contributed by atoms with Crippen LogP contribution in [0.5, 0.6) is 0 Å². The first kappa shape index (κ1) is 14.8. The Labute approximate surface area is 133 Å². The summed E-state index contributed by atoms with van der Waals surface area (Å²) in [5.41, 5.74) is 2.63. The van der Waals surface area contributed by atoms with Crippen LogP contribution in [-0.4, -0.2) is 20.9 Å². The molecule has 1 aromatic carbocycles. The standard InChI is InChI=1S/C18H14FN3O/c1-12-7-9-20-11-15(12)14-8-10-21-18(16(14)19)17(22-23)13-5-3-2-4-6-13/h2-11,23H,1H3/b22-17-. The zero-order valence-electron chi connectivity index (χ0n) is 12.4. The van der Waals surface area contributed by atoms with E-state index < -0.39 is 5.82 Å². The van der Waals surface area contributed by atoms with Gasteiger partial charge in [0.2, 0.25) is 0 Å². The van der Waals surface area contributed by atoms with Gasteiger partial charge in [0.1, 0.15) is 11.4 Å². The van der Waals surface area contributed by atoms with Gasteiger partial charge in [-0.25, -0.2) is 4.39 Å². The fourth-order valence-corrected chi connectivity index (χ4v) is 2.40. The zero-order valence-corrected chi connectivity index (χ0v) is 12.4. The summed E-state index contributed by atoms with van der Waals surface area (Å²) < 4.78 is 15.0. The molecule has 0 saturated carbocycles. The number of aryl methyl sites for hydroxylation is 1. The number of nitrogens with zero attached hydrogens (tertiary/aromatic N) is 3. The normalized spacial score (nSPS) is 11.5. The maximum Gasteiger partial charge on any atom is 0.159 e. The van der Waals surface area contributed by atoms with Gasteiger partial charge in [0.25, 0.3) is 0 Å². The van der Waals surface area contributed by atoms with Crippen molar-refractivity contribution in [1.82, 2.24) is 9.97 Å². The fourth-order valence-electron chi connectivity index (χ4n) is 2.40. The minimum absolute atomic E-state index is 0.000506. The maximum atomic E-state index is 15.0. The quantitative estimate of drug-likeness (QED) is 0.454. The van der Waals surface area contributed by atoms with Gasteiger partial charge in [0.15, 0.2) is 5.82 Å². The van der Waals surface area contributed by atoms with Crippen LogP contribution < -0.4 is 0 Å². The van der Waals surface area contributed by atoms with Crippen LogP contribution in [0.15, 0.2) is 66.2 Å². The molecule has 5 heteroatoms. The van der Waals surface area contributed by atoms with Crippen molar-refractivity contribution in [2.24, 2.45) is 5.16 Å². The molecule has 0 bridgehead atoms. The maximum absolute atomic E-state index is 15.0. The van der Waals surface area contributed by atoms with Crippen molar-refractivity contribution in [1.29, 1.82) is 0 Å². The molecule has 0 aliphatic carbocycles. The third-order valence-electron chi connectivity index (χ3n) is 3.59. The average molecular weight is 307 g/mol. The highest BCUT2D eigenvalue weighted by molar-refractivity contribution is 6.12. The third kappa shape index (κ3) is 2.81. The van der Waals surface area contributed by atoms with E-state index in [0.717, 1.165) is 5.56 Å². The lowest BCUT2D eigenvalue weighted by Gasteiger charge is -2.10. The summed E-state index contributed by atoms with van der Waals surface area (Å²) in [7, 11) is 0. The minimum atomic E-state index is -0.541. The summed E-state index contributed by atoms with van der Waals surface area (Å²) in [6.07, 6.45) is 4.76. The van der Waals surface area contributed by atoms with E-state index in [4.69, 9.17) is 0 Å². The van der Waals surface area contributed by atoms with Crippen molar-refractivity contribution in [3.63, 3.8) is 0 Å². The average Bonchev–Trinajstić information content (AvgIpc) is 2.59.